The van der Waals surface area contributed by atoms with Crippen LogP contribution in [0.5, 0.6) is 0 Å². The van der Waals surface area contributed by atoms with Crippen LogP contribution in [0, 0.1) is 5.92 Å². The van der Waals surface area contributed by atoms with Crippen LogP contribution in [0.1, 0.15) is 16.8 Å². The standard InChI is InChI=1S/C21H27N3O/c1-23(2)20-9-5-7-18(13-20)17-6-4-8-19(12-17)21(25)22-14-16-10-11-24(3)15-16/h4-9,12-13,16H,10-11,14-15H2,1-3H3,(H,22,25). The lowest BCUT2D eigenvalue weighted by atomic mass is 10.0. The van der Waals surface area contributed by atoms with Crippen LogP contribution in [-0.4, -0.2) is 51.6 Å². The molecule has 0 aromatic heterocycles. The van der Waals surface area contributed by atoms with Gasteiger partial charge < -0.3 is 15.1 Å². The normalized spacial score (nSPS) is 17.5. The predicted molar refractivity (Wildman–Crippen MR) is 104 cm³/mol. The average Bonchev–Trinajstić information content (AvgIpc) is 3.05. The van der Waals surface area contributed by atoms with Crippen molar-refractivity contribution < 1.29 is 4.79 Å². The number of anilines is 1. The molecule has 0 spiro atoms. The van der Waals surface area contributed by atoms with Crippen LogP contribution in [-0.2, 0) is 0 Å². The number of nitrogens with one attached hydrogen (secondary N) is 1. The molecule has 1 N–H and O–H groups in total. The van der Waals surface area contributed by atoms with Gasteiger partial charge in [0.25, 0.3) is 5.91 Å². The van der Waals surface area contributed by atoms with E-state index in [9.17, 15) is 4.79 Å². The maximum absolute atomic E-state index is 12.5. The Kier molecular flexibility index (Phi) is 5.39. The second-order valence-electron chi connectivity index (χ2n) is 7.15. The third-order valence-corrected chi connectivity index (χ3v) is 4.86. The molecule has 25 heavy (non-hydrogen) atoms. The van der Waals surface area contributed by atoms with Crippen molar-refractivity contribution in [2.75, 3.05) is 45.7 Å². The van der Waals surface area contributed by atoms with E-state index in [0.717, 1.165) is 48.4 Å². The van der Waals surface area contributed by atoms with E-state index in [1.54, 1.807) is 0 Å². The summed E-state index contributed by atoms with van der Waals surface area (Å²) >= 11 is 0. The fourth-order valence-corrected chi connectivity index (χ4v) is 3.34. The second kappa shape index (κ2) is 7.70. The molecule has 4 heteroatoms. The molecule has 132 valence electrons. The highest BCUT2D eigenvalue weighted by molar-refractivity contribution is 5.95. The number of carbonyl (C=O) groups is 1. The molecule has 1 aliphatic rings. The molecule has 1 aliphatic heterocycles. The van der Waals surface area contributed by atoms with Crippen molar-refractivity contribution in [3.05, 3.63) is 54.1 Å². The monoisotopic (exact) mass is 337 g/mol. The summed E-state index contributed by atoms with van der Waals surface area (Å²) in [6.07, 6.45) is 1.16. The first kappa shape index (κ1) is 17.5. The van der Waals surface area contributed by atoms with Crippen LogP contribution in [0.3, 0.4) is 0 Å². The number of likely N-dealkylation sites (tertiary alicyclic amines) is 1. The van der Waals surface area contributed by atoms with Gasteiger partial charge in [-0.15, -0.1) is 0 Å². The van der Waals surface area contributed by atoms with Gasteiger partial charge in [-0.3, -0.25) is 4.79 Å². The molecule has 1 saturated heterocycles. The summed E-state index contributed by atoms with van der Waals surface area (Å²) in [7, 11) is 6.19. The van der Waals surface area contributed by atoms with Crippen molar-refractivity contribution in [3.63, 3.8) is 0 Å². The summed E-state index contributed by atoms with van der Waals surface area (Å²) in [5.41, 5.74) is 4.06. The van der Waals surface area contributed by atoms with E-state index in [4.69, 9.17) is 0 Å². The lowest BCUT2D eigenvalue weighted by Crippen LogP contribution is -2.30. The predicted octanol–water partition coefficient (Wildman–Crippen LogP) is 3.10. The van der Waals surface area contributed by atoms with E-state index in [1.165, 1.54) is 0 Å². The highest BCUT2D eigenvalue weighted by atomic mass is 16.1. The number of nitrogens with zero attached hydrogens (tertiary/aromatic N) is 2. The van der Waals surface area contributed by atoms with Gasteiger partial charge in [0, 0.05) is 38.4 Å². The van der Waals surface area contributed by atoms with Gasteiger partial charge in [0.2, 0.25) is 0 Å². The van der Waals surface area contributed by atoms with Gasteiger partial charge in [0.15, 0.2) is 0 Å². The molecular formula is C21H27N3O. The van der Waals surface area contributed by atoms with Crippen molar-refractivity contribution in [3.8, 4) is 11.1 Å². The Balaban J connectivity index is 1.70. The fraction of sp³-hybridized carbons (Fsp3) is 0.381. The molecule has 1 amide bonds. The first-order valence-corrected chi connectivity index (χ1v) is 8.87. The zero-order chi connectivity index (χ0) is 17.8. The minimum atomic E-state index is 0.0140. The van der Waals surface area contributed by atoms with Crippen LogP contribution < -0.4 is 10.2 Å². The topological polar surface area (TPSA) is 35.6 Å². The maximum Gasteiger partial charge on any atom is 0.251 e. The summed E-state index contributed by atoms with van der Waals surface area (Å²) in [5, 5.41) is 3.10. The van der Waals surface area contributed by atoms with Crippen LogP contribution in [0.15, 0.2) is 48.5 Å². The molecular weight excluding hydrogens is 310 g/mol. The summed E-state index contributed by atoms with van der Waals surface area (Å²) in [4.78, 5) is 16.9. The Hall–Kier alpha value is -2.33. The summed E-state index contributed by atoms with van der Waals surface area (Å²) in [6.45, 7) is 2.94. The molecule has 1 unspecified atom stereocenters. The minimum Gasteiger partial charge on any atom is -0.378 e. The van der Waals surface area contributed by atoms with Crippen LogP contribution in [0.25, 0.3) is 11.1 Å². The smallest absolute Gasteiger partial charge is 0.251 e. The average molecular weight is 337 g/mol. The quantitative estimate of drug-likeness (QED) is 0.911. The summed E-state index contributed by atoms with van der Waals surface area (Å²) in [6, 6.07) is 16.2. The molecule has 1 heterocycles. The zero-order valence-corrected chi connectivity index (χ0v) is 15.3. The number of carbonyl (C=O) groups excluding carboxylic acids is 1. The number of benzene rings is 2. The number of hydrogen-bond acceptors (Lipinski definition) is 3. The maximum atomic E-state index is 12.5. The Labute approximate surface area is 150 Å². The third-order valence-electron chi connectivity index (χ3n) is 4.86. The van der Waals surface area contributed by atoms with E-state index < -0.39 is 0 Å². The van der Waals surface area contributed by atoms with Crippen molar-refractivity contribution >= 4 is 11.6 Å². The highest BCUT2D eigenvalue weighted by Gasteiger charge is 2.20. The van der Waals surface area contributed by atoms with Crippen LogP contribution >= 0.6 is 0 Å². The molecule has 0 bridgehead atoms. The van der Waals surface area contributed by atoms with Gasteiger partial charge in [-0.1, -0.05) is 24.3 Å². The van der Waals surface area contributed by atoms with Crippen molar-refractivity contribution in [1.82, 2.24) is 10.2 Å². The molecule has 1 fully saturated rings. The minimum absolute atomic E-state index is 0.0140. The van der Waals surface area contributed by atoms with Gasteiger partial charge in [-0.25, -0.2) is 0 Å². The lowest BCUT2D eigenvalue weighted by Gasteiger charge is -2.14. The van der Waals surface area contributed by atoms with Crippen LogP contribution in [0.4, 0.5) is 5.69 Å². The van der Waals surface area contributed by atoms with Gasteiger partial charge >= 0.3 is 0 Å². The second-order valence-corrected chi connectivity index (χ2v) is 7.15. The molecule has 0 radical (unpaired) electrons. The number of rotatable bonds is 5. The Morgan fingerprint density at radius 1 is 1.16 bits per heavy atom. The van der Waals surface area contributed by atoms with Gasteiger partial charge in [0.1, 0.15) is 0 Å². The highest BCUT2D eigenvalue weighted by Crippen LogP contribution is 2.24. The van der Waals surface area contributed by atoms with Gasteiger partial charge in [-0.2, -0.15) is 0 Å². The first-order chi connectivity index (χ1) is 12.0. The van der Waals surface area contributed by atoms with Crippen molar-refractivity contribution in [1.29, 1.82) is 0 Å². The molecule has 4 nitrogen and oxygen atoms in total. The Morgan fingerprint density at radius 3 is 2.56 bits per heavy atom. The third kappa shape index (κ3) is 4.40. The van der Waals surface area contributed by atoms with Gasteiger partial charge in [-0.05, 0) is 61.3 Å². The van der Waals surface area contributed by atoms with E-state index in [1.807, 2.05) is 38.4 Å². The molecule has 1 atom stereocenters. The van der Waals surface area contributed by atoms with E-state index in [-0.39, 0.29) is 5.91 Å². The van der Waals surface area contributed by atoms with E-state index in [2.05, 4.69) is 46.4 Å². The van der Waals surface area contributed by atoms with Crippen molar-refractivity contribution in [2.24, 2.45) is 5.92 Å². The largest absolute Gasteiger partial charge is 0.378 e. The molecule has 2 aromatic rings. The molecule has 3 rings (SSSR count). The van der Waals surface area contributed by atoms with E-state index in [0.29, 0.717) is 5.92 Å². The van der Waals surface area contributed by atoms with Gasteiger partial charge in [0.05, 0.1) is 0 Å². The lowest BCUT2D eigenvalue weighted by molar-refractivity contribution is 0.0947. The summed E-state index contributed by atoms with van der Waals surface area (Å²) in [5.74, 6) is 0.578. The summed E-state index contributed by atoms with van der Waals surface area (Å²) < 4.78 is 0. The Bertz CT molecular complexity index is 741. The zero-order valence-electron chi connectivity index (χ0n) is 15.3. The molecule has 0 aliphatic carbocycles. The Morgan fingerprint density at radius 2 is 1.88 bits per heavy atom. The van der Waals surface area contributed by atoms with E-state index >= 15 is 0 Å². The van der Waals surface area contributed by atoms with Crippen LogP contribution in [0.2, 0.25) is 0 Å². The van der Waals surface area contributed by atoms with Crippen molar-refractivity contribution in [2.45, 2.75) is 6.42 Å². The SMILES string of the molecule is CN1CCC(CNC(=O)c2cccc(-c3cccc(N(C)C)c3)c2)C1. The molecule has 2 aromatic carbocycles. The number of amides is 1. The molecule has 0 saturated carbocycles. The first-order valence-electron chi connectivity index (χ1n) is 8.87. The fourth-order valence-electron chi connectivity index (χ4n) is 3.34. The number of hydrogen-bond donors (Lipinski definition) is 1.